The molecule has 0 bridgehead atoms. The molecule has 0 aliphatic heterocycles. The SMILES string of the molecule is CN=C(NCc1ccc(C)cc1OCC1CC1)NCC1CC1. The predicted octanol–water partition coefficient (Wildman–Crippen LogP) is 2.86. The van der Waals surface area contributed by atoms with E-state index >= 15 is 0 Å². The number of aryl methyl sites for hydroxylation is 1. The van der Waals surface area contributed by atoms with Crippen molar-refractivity contribution in [1.29, 1.82) is 0 Å². The minimum absolute atomic E-state index is 0.741. The van der Waals surface area contributed by atoms with E-state index in [9.17, 15) is 0 Å². The van der Waals surface area contributed by atoms with Crippen molar-refractivity contribution in [2.24, 2.45) is 16.8 Å². The first-order chi connectivity index (χ1) is 10.7. The highest BCUT2D eigenvalue weighted by atomic mass is 16.5. The maximum Gasteiger partial charge on any atom is 0.191 e. The van der Waals surface area contributed by atoms with Gasteiger partial charge in [-0.15, -0.1) is 0 Å². The number of benzene rings is 1. The van der Waals surface area contributed by atoms with Crippen LogP contribution in [-0.4, -0.2) is 26.2 Å². The number of hydrogen-bond donors (Lipinski definition) is 2. The van der Waals surface area contributed by atoms with Gasteiger partial charge in [0, 0.05) is 25.7 Å². The Balaban J connectivity index is 1.54. The second kappa shape index (κ2) is 7.03. The van der Waals surface area contributed by atoms with Crippen LogP contribution in [0.4, 0.5) is 0 Å². The van der Waals surface area contributed by atoms with Gasteiger partial charge in [0.1, 0.15) is 5.75 Å². The Hall–Kier alpha value is -1.71. The van der Waals surface area contributed by atoms with Gasteiger partial charge in [0.15, 0.2) is 5.96 Å². The summed E-state index contributed by atoms with van der Waals surface area (Å²) < 4.78 is 6.02. The molecule has 0 heterocycles. The topological polar surface area (TPSA) is 45.7 Å². The van der Waals surface area contributed by atoms with Crippen molar-refractivity contribution in [2.45, 2.75) is 39.2 Å². The molecule has 2 fully saturated rings. The Bertz CT molecular complexity index is 533. The van der Waals surface area contributed by atoms with Gasteiger partial charge in [-0.25, -0.2) is 0 Å². The van der Waals surface area contributed by atoms with Crippen molar-refractivity contribution >= 4 is 5.96 Å². The lowest BCUT2D eigenvalue weighted by Gasteiger charge is -2.15. The molecule has 0 saturated heterocycles. The summed E-state index contributed by atoms with van der Waals surface area (Å²) in [4.78, 5) is 4.29. The van der Waals surface area contributed by atoms with Gasteiger partial charge in [0.25, 0.3) is 0 Å². The van der Waals surface area contributed by atoms with E-state index in [0.717, 1.165) is 43.2 Å². The van der Waals surface area contributed by atoms with Gasteiger partial charge < -0.3 is 15.4 Å². The van der Waals surface area contributed by atoms with Crippen molar-refractivity contribution in [2.75, 3.05) is 20.2 Å². The first kappa shape index (κ1) is 15.2. The molecule has 2 saturated carbocycles. The summed E-state index contributed by atoms with van der Waals surface area (Å²) in [6.45, 7) is 4.73. The second-order valence-electron chi connectivity index (χ2n) is 6.62. The number of nitrogens with zero attached hydrogens (tertiary/aromatic N) is 1. The number of hydrogen-bond acceptors (Lipinski definition) is 2. The van der Waals surface area contributed by atoms with Crippen molar-refractivity contribution in [3.05, 3.63) is 29.3 Å². The fourth-order valence-corrected chi connectivity index (χ4v) is 2.40. The van der Waals surface area contributed by atoms with Crippen molar-refractivity contribution in [3.8, 4) is 5.75 Å². The van der Waals surface area contributed by atoms with Crippen LogP contribution in [0.15, 0.2) is 23.2 Å². The number of ether oxygens (including phenoxy) is 1. The van der Waals surface area contributed by atoms with E-state index in [-0.39, 0.29) is 0 Å². The number of guanidine groups is 1. The predicted molar refractivity (Wildman–Crippen MR) is 90.3 cm³/mol. The molecule has 3 rings (SSSR count). The van der Waals surface area contributed by atoms with Gasteiger partial charge in [0.2, 0.25) is 0 Å². The van der Waals surface area contributed by atoms with Crippen LogP contribution in [0, 0.1) is 18.8 Å². The van der Waals surface area contributed by atoms with E-state index in [2.05, 4.69) is 40.7 Å². The molecule has 0 radical (unpaired) electrons. The number of aliphatic imine (C=N–C) groups is 1. The van der Waals surface area contributed by atoms with E-state index in [1.54, 1.807) is 0 Å². The molecule has 0 spiro atoms. The summed E-state index contributed by atoms with van der Waals surface area (Å²) in [5.74, 6) is 3.50. The highest BCUT2D eigenvalue weighted by Crippen LogP contribution is 2.30. The number of rotatable bonds is 7. The first-order valence-electron chi connectivity index (χ1n) is 8.41. The molecule has 4 nitrogen and oxygen atoms in total. The fraction of sp³-hybridized carbons (Fsp3) is 0.611. The summed E-state index contributed by atoms with van der Waals surface area (Å²) in [5, 5.41) is 6.78. The summed E-state index contributed by atoms with van der Waals surface area (Å²) in [5.41, 5.74) is 2.44. The third-order valence-electron chi connectivity index (χ3n) is 4.32. The summed E-state index contributed by atoms with van der Waals surface area (Å²) in [6.07, 6.45) is 5.33. The largest absolute Gasteiger partial charge is 0.493 e. The zero-order valence-electron chi connectivity index (χ0n) is 13.7. The molecule has 120 valence electrons. The maximum absolute atomic E-state index is 6.02. The lowest BCUT2D eigenvalue weighted by atomic mass is 10.1. The Labute approximate surface area is 133 Å². The van der Waals surface area contributed by atoms with E-state index < -0.39 is 0 Å². The van der Waals surface area contributed by atoms with Crippen LogP contribution in [0.25, 0.3) is 0 Å². The Morgan fingerprint density at radius 3 is 2.64 bits per heavy atom. The zero-order chi connectivity index (χ0) is 15.4. The third-order valence-corrected chi connectivity index (χ3v) is 4.32. The highest BCUT2D eigenvalue weighted by Gasteiger charge is 2.23. The van der Waals surface area contributed by atoms with Crippen molar-refractivity contribution in [3.63, 3.8) is 0 Å². The van der Waals surface area contributed by atoms with Gasteiger partial charge in [-0.1, -0.05) is 12.1 Å². The van der Waals surface area contributed by atoms with Gasteiger partial charge in [-0.2, -0.15) is 0 Å². The van der Waals surface area contributed by atoms with E-state index in [0.29, 0.717) is 0 Å². The zero-order valence-corrected chi connectivity index (χ0v) is 13.7. The summed E-state index contributed by atoms with van der Waals surface area (Å²) in [7, 11) is 1.82. The molecule has 0 amide bonds. The molecule has 4 heteroatoms. The first-order valence-corrected chi connectivity index (χ1v) is 8.41. The minimum atomic E-state index is 0.741. The number of nitrogens with one attached hydrogen (secondary N) is 2. The molecule has 0 aromatic heterocycles. The quantitative estimate of drug-likeness (QED) is 0.601. The lowest BCUT2D eigenvalue weighted by Crippen LogP contribution is -2.37. The van der Waals surface area contributed by atoms with Crippen LogP contribution in [0.5, 0.6) is 5.75 Å². The van der Waals surface area contributed by atoms with E-state index in [1.807, 2.05) is 7.05 Å². The maximum atomic E-state index is 6.02. The lowest BCUT2D eigenvalue weighted by molar-refractivity contribution is 0.296. The van der Waals surface area contributed by atoms with Crippen molar-refractivity contribution in [1.82, 2.24) is 10.6 Å². The van der Waals surface area contributed by atoms with E-state index in [1.165, 1.54) is 36.8 Å². The Morgan fingerprint density at radius 1 is 1.18 bits per heavy atom. The van der Waals surface area contributed by atoms with E-state index in [4.69, 9.17) is 4.74 Å². The van der Waals surface area contributed by atoms with Crippen LogP contribution >= 0.6 is 0 Å². The molecule has 1 aromatic carbocycles. The molecule has 1 aromatic rings. The Kier molecular flexibility index (Phi) is 4.86. The van der Waals surface area contributed by atoms with Crippen LogP contribution < -0.4 is 15.4 Å². The summed E-state index contributed by atoms with van der Waals surface area (Å²) >= 11 is 0. The summed E-state index contributed by atoms with van der Waals surface area (Å²) in [6, 6.07) is 6.43. The smallest absolute Gasteiger partial charge is 0.191 e. The van der Waals surface area contributed by atoms with Gasteiger partial charge >= 0.3 is 0 Å². The molecule has 2 N–H and O–H groups in total. The molecular weight excluding hydrogens is 274 g/mol. The van der Waals surface area contributed by atoms with Crippen molar-refractivity contribution < 1.29 is 4.74 Å². The molecule has 2 aliphatic carbocycles. The average Bonchev–Trinajstić information content (AvgIpc) is 3.40. The van der Waals surface area contributed by atoms with Crippen LogP contribution in [0.2, 0.25) is 0 Å². The van der Waals surface area contributed by atoms with Crippen LogP contribution in [0.3, 0.4) is 0 Å². The normalized spacial score (nSPS) is 18.2. The van der Waals surface area contributed by atoms with Gasteiger partial charge in [-0.3, -0.25) is 4.99 Å². The van der Waals surface area contributed by atoms with Crippen LogP contribution in [0.1, 0.15) is 36.8 Å². The van der Waals surface area contributed by atoms with Crippen LogP contribution in [-0.2, 0) is 6.54 Å². The minimum Gasteiger partial charge on any atom is -0.493 e. The molecular formula is C18H27N3O. The average molecular weight is 301 g/mol. The van der Waals surface area contributed by atoms with Gasteiger partial charge in [0.05, 0.1) is 6.61 Å². The second-order valence-corrected chi connectivity index (χ2v) is 6.62. The molecule has 22 heavy (non-hydrogen) atoms. The van der Waals surface area contributed by atoms with Gasteiger partial charge in [-0.05, 0) is 56.1 Å². The highest BCUT2D eigenvalue weighted by molar-refractivity contribution is 5.79. The Morgan fingerprint density at radius 2 is 1.95 bits per heavy atom. The fourth-order valence-electron chi connectivity index (χ4n) is 2.40. The molecule has 0 atom stereocenters. The molecule has 2 aliphatic rings. The monoisotopic (exact) mass is 301 g/mol. The standard InChI is InChI=1S/C18H27N3O/c1-13-3-8-16(17(9-13)22-12-15-6-7-15)11-21-18(19-2)20-10-14-4-5-14/h3,8-9,14-15H,4-7,10-12H2,1-2H3,(H2,19,20,21). The third kappa shape index (κ3) is 4.65. The molecule has 0 unspecified atom stereocenters.